The molecule has 2 aliphatic rings. The Morgan fingerprint density at radius 2 is 1.87 bits per heavy atom. The molecular weight excluding hydrogens is 444 g/mol. The number of nitrogens with zero attached hydrogens (tertiary/aromatic N) is 2. The summed E-state index contributed by atoms with van der Waals surface area (Å²) in [5.41, 5.74) is 4.33. The lowest BCUT2D eigenvalue weighted by molar-refractivity contribution is -0.0191. The first-order valence-electron chi connectivity index (χ1n) is 9.94. The number of aliphatic hydroxyl groups excluding tert-OH is 1. The van der Waals surface area contributed by atoms with Crippen molar-refractivity contribution in [3.05, 3.63) is 94.0 Å². The number of halogens is 1. The van der Waals surface area contributed by atoms with Crippen LogP contribution in [0.5, 0.6) is 11.5 Å². The molecule has 1 N–H and O–H groups in total. The molecule has 0 amide bonds. The van der Waals surface area contributed by atoms with Crippen LogP contribution in [0.3, 0.4) is 0 Å². The number of hydrogen-bond acceptors (Lipinski definition) is 5. The molecule has 2 aliphatic heterocycles. The third-order valence-corrected chi connectivity index (χ3v) is 5.88. The van der Waals surface area contributed by atoms with Gasteiger partial charge in [0.1, 0.15) is 18.1 Å². The van der Waals surface area contributed by atoms with E-state index in [9.17, 15) is 0 Å². The zero-order valence-electron chi connectivity index (χ0n) is 16.2. The predicted octanol–water partition coefficient (Wildman–Crippen LogP) is 5.06. The molecule has 0 aliphatic carbocycles. The summed E-state index contributed by atoms with van der Waals surface area (Å²) in [4.78, 5) is 0. The van der Waals surface area contributed by atoms with Crippen molar-refractivity contribution in [1.29, 1.82) is 0 Å². The molecule has 0 saturated heterocycles. The number of aliphatic hydroxyl groups is 1. The van der Waals surface area contributed by atoms with E-state index in [1.807, 2.05) is 54.6 Å². The monoisotopic (exact) mass is 464 g/mol. The van der Waals surface area contributed by atoms with Gasteiger partial charge in [-0.1, -0.05) is 46.3 Å². The highest BCUT2D eigenvalue weighted by molar-refractivity contribution is 9.10. The lowest BCUT2D eigenvalue weighted by atomic mass is 9.96. The van der Waals surface area contributed by atoms with Crippen molar-refractivity contribution in [2.75, 3.05) is 13.2 Å². The lowest BCUT2D eigenvalue weighted by Crippen LogP contribution is -2.33. The van der Waals surface area contributed by atoms with Crippen molar-refractivity contribution < 1.29 is 14.6 Å². The first-order chi connectivity index (χ1) is 14.7. The van der Waals surface area contributed by atoms with E-state index >= 15 is 0 Å². The first-order valence-corrected chi connectivity index (χ1v) is 10.7. The Kier molecular flexibility index (Phi) is 5.19. The van der Waals surface area contributed by atoms with Gasteiger partial charge in [0.15, 0.2) is 0 Å². The second-order valence-electron chi connectivity index (χ2n) is 7.31. The molecule has 2 atom stereocenters. The molecule has 0 unspecified atom stereocenters. The van der Waals surface area contributed by atoms with E-state index in [1.54, 1.807) is 0 Å². The molecule has 3 aromatic carbocycles. The minimum absolute atomic E-state index is 0.00767. The van der Waals surface area contributed by atoms with Crippen LogP contribution in [0.4, 0.5) is 0 Å². The van der Waals surface area contributed by atoms with Crippen LogP contribution in [-0.4, -0.2) is 29.0 Å². The molecule has 5 rings (SSSR count). The highest BCUT2D eigenvalue weighted by atomic mass is 79.9. The lowest BCUT2D eigenvalue weighted by Gasteiger charge is -2.38. The van der Waals surface area contributed by atoms with E-state index in [2.05, 4.69) is 39.1 Å². The topological polar surface area (TPSA) is 54.3 Å². The van der Waals surface area contributed by atoms with Crippen LogP contribution in [0.2, 0.25) is 0 Å². The zero-order valence-corrected chi connectivity index (χ0v) is 17.8. The Bertz CT molecular complexity index is 1070. The van der Waals surface area contributed by atoms with E-state index in [1.165, 1.54) is 0 Å². The summed E-state index contributed by atoms with van der Waals surface area (Å²) in [7, 11) is 0. The predicted molar refractivity (Wildman–Crippen MR) is 119 cm³/mol. The molecule has 0 radical (unpaired) electrons. The quantitative estimate of drug-likeness (QED) is 0.572. The van der Waals surface area contributed by atoms with Crippen molar-refractivity contribution in [2.24, 2.45) is 5.10 Å². The maximum Gasteiger partial charge on any atom is 0.213 e. The molecular formula is C24H21BrN2O3. The third kappa shape index (κ3) is 3.57. The van der Waals surface area contributed by atoms with E-state index < -0.39 is 0 Å². The minimum Gasteiger partial charge on any atom is -0.491 e. The van der Waals surface area contributed by atoms with Crippen LogP contribution >= 0.6 is 15.9 Å². The van der Waals surface area contributed by atoms with Gasteiger partial charge in [-0.15, -0.1) is 0 Å². The summed E-state index contributed by atoms with van der Waals surface area (Å²) in [6, 6.07) is 24.3. The second kappa shape index (κ2) is 8.13. The number of fused-ring (bicyclic) bond motifs is 3. The highest BCUT2D eigenvalue weighted by Gasteiger charge is 2.41. The van der Waals surface area contributed by atoms with Crippen LogP contribution in [0.25, 0.3) is 0 Å². The highest BCUT2D eigenvalue weighted by Crippen LogP contribution is 2.48. The number of hydrazone groups is 1. The van der Waals surface area contributed by atoms with Gasteiger partial charge in [0.2, 0.25) is 6.23 Å². The SMILES string of the molecule is OCCOc1ccc([C@H]2Oc3ccc(Br)cc3[C@@H]3CC(c4ccccc4)=NN23)cc1. The summed E-state index contributed by atoms with van der Waals surface area (Å²) < 4.78 is 12.9. The molecule has 0 aromatic heterocycles. The molecule has 0 bridgehead atoms. The Hall–Kier alpha value is -2.83. The summed E-state index contributed by atoms with van der Waals surface area (Å²) in [6.07, 6.45) is 0.502. The largest absolute Gasteiger partial charge is 0.491 e. The van der Waals surface area contributed by atoms with Crippen LogP contribution < -0.4 is 9.47 Å². The number of hydrogen-bond donors (Lipinski definition) is 1. The Morgan fingerprint density at radius 1 is 1.07 bits per heavy atom. The molecule has 0 saturated carbocycles. The molecule has 152 valence electrons. The van der Waals surface area contributed by atoms with Gasteiger partial charge < -0.3 is 14.6 Å². The van der Waals surface area contributed by atoms with Gasteiger partial charge >= 0.3 is 0 Å². The molecule has 5 nitrogen and oxygen atoms in total. The Balaban J connectivity index is 1.52. The second-order valence-corrected chi connectivity index (χ2v) is 8.22. The molecule has 30 heavy (non-hydrogen) atoms. The molecule has 0 fully saturated rings. The van der Waals surface area contributed by atoms with E-state index in [0.29, 0.717) is 0 Å². The average molecular weight is 465 g/mol. The van der Waals surface area contributed by atoms with Gasteiger partial charge in [0.05, 0.1) is 18.4 Å². The van der Waals surface area contributed by atoms with E-state index in [4.69, 9.17) is 19.7 Å². The summed E-state index contributed by atoms with van der Waals surface area (Å²) >= 11 is 3.59. The van der Waals surface area contributed by atoms with Gasteiger partial charge in [0.25, 0.3) is 0 Å². The smallest absolute Gasteiger partial charge is 0.213 e. The fourth-order valence-electron chi connectivity index (χ4n) is 3.98. The van der Waals surface area contributed by atoms with E-state index in [0.717, 1.165) is 44.8 Å². The molecule has 6 heteroatoms. The zero-order chi connectivity index (χ0) is 20.5. The molecule has 0 spiro atoms. The molecule has 2 heterocycles. The average Bonchev–Trinajstić information content (AvgIpc) is 3.24. The van der Waals surface area contributed by atoms with Crippen LogP contribution in [0, 0.1) is 0 Å². The van der Waals surface area contributed by atoms with Crippen molar-refractivity contribution in [3.8, 4) is 11.5 Å². The van der Waals surface area contributed by atoms with Crippen molar-refractivity contribution >= 4 is 21.6 Å². The Morgan fingerprint density at radius 3 is 2.63 bits per heavy atom. The summed E-state index contributed by atoms with van der Waals surface area (Å²) in [6.45, 7) is 0.271. The van der Waals surface area contributed by atoms with Crippen molar-refractivity contribution in [1.82, 2.24) is 5.01 Å². The number of ether oxygens (including phenoxy) is 2. The minimum atomic E-state index is -0.322. The van der Waals surface area contributed by atoms with Gasteiger partial charge in [-0.05, 0) is 48.0 Å². The van der Waals surface area contributed by atoms with Crippen LogP contribution in [-0.2, 0) is 0 Å². The van der Waals surface area contributed by atoms with Gasteiger partial charge in [-0.2, -0.15) is 5.10 Å². The standard InChI is InChI=1S/C24H21BrN2O3/c25-18-8-11-23-20(14-18)22-15-21(16-4-2-1-3-5-16)26-27(22)24(30-23)17-6-9-19(10-7-17)29-13-12-28/h1-11,14,22,24,28H,12-13,15H2/t22-,24+/m0/s1. The number of rotatable bonds is 5. The summed E-state index contributed by atoms with van der Waals surface area (Å²) in [5, 5.41) is 16.0. The third-order valence-electron chi connectivity index (χ3n) is 5.38. The fraction of sp³-hybridized carbons (Fsp3) is 0.208. The van der Waals surface area contributed by atoms with Crippen molar-refractivity contribution in [3.63, 3.8) is 0 Å². The van der Waals surface area contributed by atoms with Gasteiger partial charge in [-0.25, -0.2) is 5.01 Å². The maximum atomic E-state index is 8.95. The number of benzene rings is 3. The van der Waals surface area contributed by atoms with Crippen molar-refractivity contribution in [2.45, 2.75) is 18.7 Å². The Labute approximate surface area is 183 Å². The van der Waals surface area contributed by atoms with Gasteiger partial charge in [0, 0.05) is 22.0 Å². The summed E-state index contributed by atoms with van der Waals surface area (Å²) in [5.74, 6) is 1.61. The van der Waals surface area contributed by atoms with Crippen LogP contribution in [0.15, 0.2) is 82.4 Å². The normalized spacial score (nSPS) is 19.5. The fourth-order valence-corrected chi connectivity index (χ4v) is 4.35. The maximum absolute atomic E-state index is 8.95. The van der Waals surface area contributed by atoms with Gasteiger partial charge in [-0.3, -0.25) is 0 Å². The van der Waals surface area contributed by atoms with E-state index in [-0.39, 0.29) is 25.5 Å². The first kappa shape index (κ1) is 19.2. The molecule has 3 aromatic rings. The van der Waals surface area contributed by atoms with Crippen LogP contribution in [0.1, 0.15) is 35.4 Å².